The predicted molar refractivity (Wildman–Crippen MR) is 102 cm³/mol. The van der Waals surface area contributed by atoms with Gasteiger partial charge >= 0.3 is 0 Å². The standard InChI is InChI=1S/C22H14FN3/c23-20-21(15-6-2-1-3-7-15)25-18-9-5-4-8-17(18)22(20)26-13-11-16-14-24-12-10-19(16)26/h1-14H. The van der Waals surface area contributed by atoms with Gasteiger partial charge in [-0.15, -0.1) is 0 Å². The third kappa shape index (κ3) is 2.19. The minimum Gasteiger partial charge on any atom is -0.313 e. The van der Waals surface area contributed by atoms with Crippen LogP contribution in [-0.2, 0) is 0 Å². The van der Waals surface area contributed by atoms with E-state index in [2.05, 4.69) is 9.97 Å². The molecule has 26 heavy (non-hydrogen) atoms. The number of halogens is 1. The minimum atomic E-state index is -0.329. The molecule has 0 bridgehead atoms. The maximum absolute atomic E-state index is 15.7. The van der Waals surface area contributed by atoms with Crippen molar-refractivity contribution in [3.8, 4) is 16.9 Å². The van der Waals surface area contributed by atoms with Gasteiger partial charge < -0.3 is 4.57 Å². The van der Waals surface area contributed by atoms with Crippen LogP contribution in [0.15, 0.2) is 85.3 Å². The van der Waals surface area contributed by atoms with Gasteiger partial charge in [-0.2, -0.15) is 0 Å². The number of pyridine rings is 2. The normalized spacial score (nSPS) is 11.3. The molecule has 0 amide bonds. The number of para-hydroxylation sites is 1. The van der Waals surface area contributed by atoms with Gasteiger partial charge in [0.25, 0.3) is 0 Å². The van der Waals surface area contributed by atoms with Crippen LogP contribution in [0, 0.1) is 5.82 Å². The Hall–Kier alpha value is -3.53. The highest BCUT2D eigenvalue weighted by Gasteiger charge is 2.18. The summed E-state index contributed by atoms with van der Waals surface area (Å²) in [5.74, 6) is -0.329. The molecular weight excluding hydrogens is 325 g/mol. The molecule has 4 heteroatoms. The van der Waals surface area contributed by atoms with E-state index in [0.29, 0.717) is 11.4 Å². The maximum atomic E-state index is 15.7. The highest BCUT2D eigenvalue weighted by atomic mass is 19.1. The van der Waals surface area contributed by atoms with Crippen LogP contribution in [0.3, 0.4) is 0 Å². The summed E-state index contributed by atoms with van der Waals surface area (Å²) in [6.45, 7) is 0. The van der Waals surface area contributed by atoms with Crippen molar-refractivity contribution >= 4 is 21.8 Å². The maximum Gasteiger partial charge on any atom is 0.174 e. The first-order valence-electron chi connectivity index (χ1n) is 8.38. The summed E-state index contributed by atoms with van der Waals surface area (Å²) >= 11 is 0. The predicted octanol–water partition coefficient (Wildman–Crippen LogP) is 5.38. The molecule has 0 aliphatic rings. The Morgan fingerprint density at radius 1 is 0.846 bits per heavy atom. The second-order valence-corrected chi connectivity index (χ2v) is 6.13. The molecule has 0 unspecified atom stereocenters. The summed E-state index contributed by atoms with van der Waals surface area (Å²) in [5.41, 5.74) is 3.30. The van der Waals surface area contributed by atoms with E-state index in [1.165, 1.54) is 0 Å². The SMILES string of the molecule is Fc1c(-c2ccccc2)nc2ccccc2c1-n1ccc2cnccc21. The topological polar surface area (TPSA) is 30.7 Å². The Labute approximate surface area is 149 Å². The zero-order chi connectivity index (χ0) is 17.5. The number of fused-ring (bicyclic) bond motifs is 2. The van der Waals surface area contributed by atoms with Crippen molar-refractivity contribution < 1.29 is 4.39 Å². The lowest BCUT2D eigenvalue weighted by Crippen LogP contribution is -2.02. The van der Waals surface area contributed by atoms with E-state index in [-0.39, 0.29) is 5.82 Å². The third-order valence-corrected chi connectivity index (χ3v) is 4.59. The minimum absolute atomic E-state index is 0.329. The molecule has 0 radical (unpaired) electrons. The van der Waals surface area contributed by atoms with Gasteiger partial charge in [0, 0.05) is 34.9 Å². The van der Waals surface area contributed by atoms with E-state index < -0.39 is 0 Å². The van der Waals surface area contributed by atoms with Crippen molar-refractivity contribution in [1.82, 2.24) is 14.5 Å². The van der Waals surface area contributed by atoms with Crippen LogP contribution >= 0.6 is 0 Å². The van der Waals surface area contributed by atoms with E-state index in [1.54, 1.807) is 12.4 Å². The summed E-state index contributed by atoms with van der Waals surface area (Å²) < 4.78 is 17.6. The summed E-state index contributed by atoms with van der Waals surface area (Å²) in [4.78, 5) is 8.75. The van der Waals surface area contributed by atoms with E-state index in [1.807, 2.05) is 77.5 Å². The molecule has 0 aliphatic heterocycles. The number of benzene rings is 2. The van der Waals surface area contributed by atoms with Crippen LogP contribution in [0.1, 0.15) is 0 Å². The van der Waals surface area contributed by atoms with Gasteiger partial charge in [0.1, 0.15) is 5.69 Å². The number of nitrogens with zero attached hydrogens (tertiary/aromatic N) is 3. The van der Waals surface area contributed by atoms with E-state index in [0.717, 1.165) is 27.4 Å². The summed E-state index contributed by atoms with van der Waals surface area (Å²) in [6.07, 6.45) is 5.38. The number of aromatic nitrogens is 3. The molecule has 0 saturated carbocycles. The lowest BCUT2D eigenvalue weighted by molar-refractivity contribution is 0.621. The quantitative estimate of drug-likeness (QED) is 0.432. The average Bonchev–Trinajstić information content (AvgIpc) is 3.12. The molecular formula is C22H14FN3. The molecule has 5 rings (SSSR count). The number of rotatable bonds is 2. The van der Waals surface area contributed by atoms with E-state index in [9.17, 15) is 0 Å². The molecule has 0 atom stereocenters. The smallest absolute Gasteiger partial charge is 0.174 e. The fourth-order valence-electron chi connectivity index (χ4n) is 3.37. The molecule has 0 spiro atoms. The van der Waals surface area contributed by atoms with Gasteiger partial charge in [0.05, 0.1) is 16.7 Å². The molecule has 3 aromatic heterocycles. The molecule has 0 N–H and O–H groups in total. The zero-order valence-corrected chi connectivity index (χ0v) is 13.8. The van der Waals surface area contributed by atoms with Gasteiger partial charge in [0.15, 0.2) is 5.82 Å². The van der Waals surface area contributed by atoms with E-state index in [4.69, 9.17) is 0 Å². The van der Waals surface area contributed by atoms with Crippen molar-refractivity contribution in [3.05, 3.63) is 91.1 Å². The largest absolute Gasteiger partial charge is 0.313 e. The van der Waals surface area contributed by atoms with Crippen LogP contribution in [-0.4, -0.2) is 14.5 Å². The van der Waals surface area contributed by atoms with Crippen LogP contribution in [0.2, 0.25) is 0 Å². The first kappa shape index (κ1) is 14.8. The van der Waals surface area contributed by atoms with Gasteiger partial charge in [-0.3, -0.25) is 4.98 Å². The third-order valence-electron chi connectivity index (χ3n) is 4.59. The Bertz CT molecular complexity index is 1240. The number of hydrogen-bond acceptors (Lipinski definition) is 2. The molecule has 5 aromatic rings. The fraction of sp³-hybridized carbons (Fsp3) is 0. The first-order valence-corrected chi connectivity index (χ1v) is 8.38. The Balaban J connectivity index is 1.91. The molecule has 0 saturated heterocycles. The summed E-state index contributed by atoms with van der Waals surface area (Å²) in [5, 5.41) is 1.74. The Morgan fingerprint density at radius 2 is 1.65 bits per heavy atom. The van der Waals surface area contributed by atoms with Crippen molar-refractivity contribution in [2.45, 2.75) is 0 Å². The second kappa shape index (κ2) is 5.77. The summed E-state index contributed by atoms with van der Waals surface area (Å²) in [7, 11) is 0. The van der Waals surface area contributed by atoms with Crippen LogP contribution in [0.25, 0.3) is 38.8 Å². The Kier molecular flexibility index (Phi) is 3.28. The first-order chi connectivity index (χ1) is 12.8. The van der Waals surface area contributed by atoms with E-state index >= 15 is 4.39 Å². The molecule has 0 aliphatic carbocycles. The molecule has 124 valence electrons. The lowest BCUT2D eigenvalue weighted by Gasteiger charge is -2.14. The fourth-order valence-corrected chi connectivity index (χ4v) is 3.37. The molecule has 3 nitrogen and oxygen atoms in total. The lowest BCUT2D eigenvalue weighted by atomic mass is 10.1. The molecule has 3 heterocycles. The summed E-state index contributed by atoms with van der Waals surface area (Å²) in [6, 6.07) is 20.9. The Morgan fingerprint density at radius 3 is 2.54 bits per heavy atom. The highest BCUT2D eigenvalue weighted by molar-refractivity contribution is 5.93. The van der Waals surface area contributed by atoms with Crippen molar-refractivity contribution in [2.24, 2.45) is 0 Å². The van der Waals surface area contributed by atoms with Crippen molar-refractivity contribution in [2.75, 3.05) is 0 Å². The molecule has 0 fully saturated rings. The monoisotopic (exact) mass is 339 g/mol. The van der Waals surface area contributed by atoms with Crippen LogP contribution < -0.4 is 0 Å². The van der Waals surface area contributed by atoms with Crippen molar-refractivity contribution in [1.29, 1.82) is 0 Å². The van der Waals surface area contributed by atoms with Gasteiger partial charge in [-0.05, 0) is 18.2 Å². The molecule has 2 aromatic carbocycles. The average molecular weight is 339 g/mol. The second-order valence-electron chi connectivity index (χ2n) is 6.13. The zero-order valence-electron chi connectivity index (χ0n) is 13.8. The van der Waals surface area contributed by atoms with Gasteiger partial charge in [-0.25, -0.2) is 9.37 Å². The van der Waals surface area contributed by atoms with Crippen LogP contribution in [0.4, 0.5) is 4.39 Å². The van der Waals surface area contributed by atoms with Gasteiger partial charge in [-0.1, -0.05) is 48.5 Å². The van der Waals surface area contributed by atoms with Crippen molar-refractivity contribution in [3.63, 3.8) is 0 Å². The van der Waals surface area contributed by atoms with Gasteiger partial charge in [0.2, 0.25) is 0 Å². The highest BCUT2D eigenvalue weighted by Crippen LogP contribution is 2.33. The van der Waals surface area contributed by atoms with Crippen LogP contribution in [0.5, 0.6) is 0 Å². The number of hydrogen-bond donors (Lipinski definition) is 0.